The van der Waals surface area contributed by atoms with Crippen molar-refractivity contribution in [2.45, 2.75) is 83.6 Å². The number of aliphatic hydroxyl groups is 4. The summed E-state index contributed by atoms with van der Waals surface area (Å²) in [5.41, 5.74) is -7.44. The molecule has 0 amide bonds. The zero-order valence-corrected chi connectivity index (χ0v) is 24.5. The molecule has 42 heavy (non-hydrogen) atoms. The Hall–Kier alpha value is -3.38. The van der Waals surface area contributed by atoms with Gasteiger partial charge in [-0.25, -0.2) is 4.79 Å². The molecular formula is C31H38O11. The summed E-state index contributed by atoms with van der Waals surface area (Å²) in [4.78, 5) is 51.9. The second-order valence-corrected chi connectivity index (χ2v) is 12.2. The van der Waals surface area contributed by atoms with Crippen molar-refractivity contribution in [2.75, 3.05) is 6.61 Å². The Morgan fingerprint density at radius 3 is 2.12 bits per heavy atom. The predicted octanol–water partition coefficient (Wildman–Crippen LogP) is 1.41. The van der Waals surface area contributed by atoms with E-state index in [9.17, 15) is 39.6 Å². The molecule has 1 aromatic carbocycles. The lowest BCUT2D eigenvalue weighted by atomic mass is 9.46. The maximum Gasteiger partial charge on any atom is 0.338 e. The van der Waals surface area contributed by atoms with E-state index in [0.717, 1.165) is 19.1 Å². The Labute approximate surface area is 243 Å². The highest BCUT2D eigenvalue weighted by molar-refractivity contribution is 5.97. The van der Waals surface area contributed by atoms with Gasteiger partial charge in [0.15, 0.2) is 11.9 Å². The van der Waals surface area contributed by atoms with Crippen LogP contribution in [0.2, 0.25) is 0 Å². The molecule has 0 radical (unpaired) electrons. The second kappa shape index (κ2) is 10.7. The molecule has 1 fully saturated rings. The van der Waals surface area contributed by atoms with E-state index in [4.69, 9.17) is 14.2 Å². The first kappa shape index (κ1) is 31.6. The highest BCUT2D eigenvalue weighted by Gasteiger charge is 2.72. The van der Waals surface area contributed by atoms with E-state index in [1.165, 1.54) is 26.0 Å². The number of benzene rings is 1. The van der Waals surface area contributed by atoms with Gasteiger partial charge in [0, 0.05) is 31.6 Å². The van der Waals surface area contributed by atoms with Gasteiger partial charge in [0.1, 0.15) is 29.5 Å². The number of rotatable bonds is 5. The molecule has 3 aliphatic rings. The van der Waals surface area contributed by atoms with E-state index in [2.05, 4.69) is 0 Å². The number of aliphatic hydroxyl groups excluding tert-OH is 2. The van der Waals surface area contributed by atoms with Crippen molar-refractivity contribution in [3.63, 3.8) is 0 Å². The van der Waals surface area contributed by atoms with Gasteiger partial charge < -0.3 is 34.6 Å². The summed E-state index contributed by atoms with van der Waals surface area (Å²) in [5, 5.41) is 47.3. The molecule has 0 spiro atoms. The summed E-state index contributed by atoms with van der Waals surface area (Å²) in [6.07, 6.45) is -4.62. The molecule has 1 unspecified atom stereocenters. The lowest BCUT2D eigenvalue weighted by Crippen LogP contribution is -2.75. The van der Waals surface area contributed by atoms with E-state index in [-0.39, 0.29) is 17.6 Å². The normalized spacial score (nSPS) is 37.2. The molecule has 0 saturated heterocycles. The molecular weight excluding hydrogens is 548 g/mol. The third kappa shape index (κ3) is 4.68. The molecule has 0 aromatic heterocycles. The molecule has 0 aliphatic heterocycles. The van der Waals surface area contributed by atoms with Gasteiger partial charge in [0.25, 0.3) is 0 Å². The molecule has 1 aromatic rings. The Balaban J connectivity index is 2.11. The molecule has 11 heteroatoms. The quantitative estimate of drug-likeness (QED) is 0.223. The van der Waals surface area contributed by atoms with Crippen LogP contribution in [0.4, 0.5) is 0 Å². The maximum atomic E-state index is 13.8. The summed E-state index contributed by atoms with van der Waals surface area (Å²) < 4.78 is 17.3. The molecule has 2 bridgehead atoms. The molecule has 4 N–H and O–H groups in total. The zero-order valence-electron chi connectivity index (χ0n) is 24.5. The first-order chi connectivity index (χ1) is 19.5. The highest BCUT2D eigenvalue weighted by Crippen LogP contribution is 2.61. The van der Waals surface area contributed by atoms with Crippen LogP contribution >= 0.6 is 0 Å². The number of ether oxygens (including phenoxy) is 3. The van der Waals surface area contributed by atoms with E-state index in [1.54, 1.807) is 39.0 Å². The van der Waals surface area contributed by atoms with Crippen molar-refractivity contribution in [3.8, 4) is 0 Å². The van der Waals surface area contributed by atoms with Crippen LogP contribution in [0.5, 0.6) is 0 Å². The zero-order chi connectivity index (χ0) is 31.4. The van der Waals surface area contributed by atoms with Gasteiger partial charge in [-0.05, 0) is 49.3 Å². The van der Waals surface area contributed by atoms with Crippen LogP contribution in [-0.2, 0) is 28.6 Å². The molecule has 0 heterocycles. The van der Waals surface area contributed by atoms with E-state index >= 15 is 0 Å². The van der Waals surface area contributed by atoms with Gasteiger partial charge in [0.05, 0.1) is 17.6 Å². The lowest BCUT2D eigenvalue weighted by molar-refractivity contribution is -0.252. The van der Waals surface area contributed by atoms with Crippen LogP contribution in [0.3, 0.4) is 0 Å². The largest absolute Gasteiger partial charge is 0.458 e. The third-order valence-corrected chi connectivity index (χ3v) is 9.46. The van der Waals surface area contributed by atoms with Gasteiger partial charge in [-0.2, -0.15) is 0 Å². The van der Waals surface area contributed by atoms with Crippen molar-refractivity contribution >= 4 is 23.7 Å². The number of hydrogen-bond acceptors (Lipinski definition) is 11. The number of carbonyl (C=O) groups excluding carboxylic acids is 4. The van der Waals surface area contributed by atoms with Gasteiger partial charge in [-0.1, -0.05) is 32.0 Å². The van der Waals surface area contributed by atoms with Crippen molar-refractivity contribution in [3.05, 3.63) is 59.2 Å². The fourth-order valence-corrected chi connectivity index (χ4v) is 7.18. The van der Waals surface area contributed by atoms with Crippen LogP contribution in [0, 0.1) is 16.7 Å². The van der Waals surface area contributed by atoms with Crippen molar-refractivity contribution in [2.24, 2.45) is 16.7 Å². The van der Waals surface area contributed by atoms with Gasteiger partial charge in [-0.3, -0.25) is 14.4 Å². The fraction of sp³-hybridized carbons (Fsp3) is 0.548. The van der Waals surface area contributed by atoms with Crippen LogP contribution < -0.4 is 0 Å². The van der Waals surface area contributed by atoms with E-state index < -0.39 is 82.7 Å². The van der Waals surface area contributed by atoms with Crippen molar-refractivity contribution in [1.29, 1.82) is 0 Å². The number of ketones is 1. The second-order valence-electron chi connectivity index (χ2n) is 12.2. The van der Waals surface area contributed by atoms with E-state index in [1.807, 2.05) is 0 Å². The van der Waals surface area contributed by atoms with Crippen LogP contribution in [0.25, 0.3) is 0 Å². The SMILES string of the molecule is CC(=O)O[C@H]1C[C@@]2(O)[C@@H](OC(=O)c3ccccc3)[C@@H]3[C@](O)(CO)C=CC(=O)[C@@]3(C)C(O)[C@H](OC(C)=O)C(=C1C)C2(C)C. The minimum Gasteiger partial charge on any atom is -0.458 e. The summed E-state index contributed by atoms with van der Waals surface area (Å²) in [6.45, 7) is 7.40. The molecule has 1 saturated carbocycles. The summed E-state index contributed by atoms with van der Waals surface area (Å²) in [5.74, 6) is -4.79. The van der Waals surface area contributed by atoms with Crippen LogP contribution in [0.15, 0.2) is 53.6 Å². The van der Waals surface area contributed by atoms with Gasteiger partial charge in [0.2, 0.25) is 0 Å². The number of esters is 3. The monoisotopic (exact) mass is 586 g/mol. The smallest absolute Gasteiger partial charge is 0.338 e. The van der Waals surface area contributed by atoms with Crippen molar-refractivity contribution < 1.29 is 53.8 Å². The molecule has 11 nitrogen and oxygen atoms in total. The minimum absolute atomic E-state index is 0.102. The lowest BCUT2D eigenvalue weighted by Gasteiger charge is -2.62. The Morgan fingerprint density at radius 1 is 0.976 bits per heavy atom. The number of carbonyl (C=O) groups is 4. The first-order valence-electron chi connectivity index (χ1n) is 13.7. The fourth-order valence-electron chi connectivity index (χ4n) is 7.18. The predicted molar refractivity (Wildman–Crippen MR) is 147 cm³/mol. The van der Waals surface area contributed by atoms with Crippen LogP contribution in [0.1, 0.15) is 58.3 Å². The summed E-state index contributed by atoms with van der Waals surface area (Å²) in [6, 6.07) is 7.85. The molecule has 228 valence electrons. The Kier molecular flexibility index (Phi) is 8.05. The number of allylic oxidation sites excluding steroid dienone is 1. The topological polar surface area (TPSA) is 177 Å². The molecule has 3 aliphatic carbocycles. The van der Waals surface area contributed by atoms with E-state index in [0.29, 0.717) is 5.57 Å². The summed E-state index contributed by atoms with van der Waals surface area (Å²) in [7, 11) is 0. The Morgan fingerprint density at radius 2 is 1.57 bits per heavy atom. The third-order valence-electron chi connectivity index (χ3n) is 9.46. The molecule has 8 atom stereocenters. The first-order valence-corrected chi connectivity index (χ1v) is 13.7. The Bertz CT molecular complexity index is 1350. The van der Waals surface area contributed by atoms with Crippen LogP contribution in [-0.4, -0.2) is 86.3 Å². The minimum atomic E-state index is -2.30. The average molecular weight is 587 g/mol. The van der Waals surface area contributed by atoms with Gasteiger partial charge in [-0.15, -0.1) is 0 Å². The standard InChI is InChI=1S/C31H38O11/c1-16-20(40-17(2)33)14-31(39)26(42-27(37)19-10-8-7-9-11-19)24-29(6,21(35)12-13-30(24,38)15-32)25(36)23(41-18(3)34)22(16)28(31,4)5/h7-13,20,23-26,32,36,38-39H,14-15H2,1-6H3/t20-,23+,24-,25?,26-,29+,30+,31+/m0/s1. The number of hydrogen-bond donors (Lipinski definition) is 4. The number of fused-ring (bicyclic) bond motifs is 3. The summed E-state index contributed by atoms with van der Waals surface area (Å²) >= 11 is 0. The maximum absolute atomic E-state index is 13.8. The highest BCUT2D eigenvalue weighted by atomic mass is 16.6. The van der Waals surface area contributed by atoms with Crippen molar-refractivity contribution in [1.82, 2.24) is 0 Å². The average Bonchev–Trinajstić information content (AvgIpc) is 2.92. The van der Waals surface area contributed by atoms with Gasteiger partial charge >= 0.3 is 17.9 Å². The molecule has 4 rings (SSSR count).